The molecule has 8 heteroatoms. The third kappa shape index (κ3) is 6.12. The number of anilines is 1. The van der Waals surface area contributed by atoms with Gasteiger partial charge in [0.25, 0.3) is 5.91 Å². The average Bonchev–Trinajstić information content (AvgIpc) is 2.76. The molecule has 7 nitrogen and oxygen atoms in total. The van der Waals surface area contributed by atoms with Crippen LogP contribution >= 0.6 is 0 Å². The fourth-order valence-corrected chi connectivity index (χ4v) is 3.85. The van der Waals surface area contributed by atoms with E-state index in [1.807, 2.05) is 24.3 Å². The van der Waals surface area contributed by atoms with Crippen LogP contribution in [0.3, 0.4) is 0 Å². The Balaban J connectivity index is 1.79. The van der Waals surface area contributed by atoms with Crippen molar-refractivity contribution in [2.45, 2.75) is 37.7 Å². The molecule has 3 aromatic rings. The van der Waals surface area contributed by atoms with Crippen LogP contribution in [0.25, 0.3) is 0 Å². The molecule has 0 aliphatic carbocycles. The van der Waals surface area contributed by atoms with E-state index >= 15 is 0 Å². The average molecular weight is 469 g/mol. The molecule has 3 N–H and O–H groups in total. The maximum atomic E-state index is 12.8. The van der Waals surface area contributed by atoms with Crippen molar-refractivity contribution < 1.29 is 22.7 Å². The lowest BCUT2D eigenvalue weighted by atomic mass is 9.86. The second-order valence-electron chi connectivity index (χ2n) is 8.58. The van der Waals surface area contributed by atoms with E-state index in [0.29, 0.717) is 17.0 Å². The maximum absolute atomic E-state index is 12.8. The molecular weight excluding hydrogens is 440 g/mol. The summed E-state index contributed by atoms with van der Waals surface area (Å²) in [6.07, 6.45) is 0. The minimum absolute atomic E-state index is 0.0279. The summed E-state index contributed by atoms with van der Waals surface area (Å²) in [7, 11) is -2.23. The summed E-state index contributed by atoms with van der Waals surface area (Å²) >= 11 is 0. The Morgan fingerprint density at radius 1 is 0.970 bits per heavy atom. The Kier molecular flexibility index (Phi) is 7.09. The number of hydrogen-bond acceptors (Lipinski definition) is 5. The van der Waals surface area contributed by atoms with E-state index in [1.54, 1.807) is 25.3 Å². The highest BCUT2D eigenvalue weighted by atomic mass is 32.2. The Morgan fingerprint density at radius 3 is 2.24 bits per heavy atom. The molecule has 0 fully saturated rings. The summed E-state index contributed by atoms with van der Waals surface area (Å²) in [5.41, 5.74) is 2.58. The maximum Gasteiger partial charge on any atom is 0.255 e. The first-order chi connectivity index (χ1) is 15.5. The van der Waals surface area contributed by atoms with Crippen LogP contribution in [0.2, 0.25) is 0 Å². The van der Waals surface area contributed by atoms with Gasteiger partial charge in [0.1, 0.15) is 18.1 Å². The minimum Gasteiger partial charge on any atom is -0.496 e. The summed E-state index contributed by atoms with van der Waals surface area (Å²) in [5.74, 6) is 1.03. The van der Waals surface area contributed by atoms with Crippen LogP contribution in [0.1, 0.15) is 42.3 Å². The Hall–Kier alpha value is -3.36. The summed E-state index contributed by atoms with van der Waals surface area (Å²) in [4.78, 5) is 12.7. The van der Waals surface area contributed by atoms with Gasteiger partial charge in [0.05, 0.1) is 12.0 Å². The summed E-state index contributed by atoms with van der Waals surface area (Å²) < 4.78 is 34.3. The van der Waals surface area contributed by atoms with Crippen LogP contribution in [0.5, 0.6) is 11.5 Å². The molecule has 0 saturated heterocycles. The normalized spacial score (nSPS) is 11.7. The monoisotopic (exact) mass is 468 g/mol. The quantitative estimate of drug-likeness (QED) is 0.532. The minimum atomic E-state index is -3.80. The number of nitrogens with two attached hydrogens (primary N) is 1. The first kappa shape index (κ1) is 24.3. The number of rotatable bonds is 7. The van der Waals surface area contributed by atoms with Gasteiger partial charge >= 0.3 is 0 Å². The van der Waals surface area contributed by atoms with E-state index in [0.717, 1.165) is 16.9 Å². The van der Waals surface area contributed by atoms with E-state index in [2.05, 4.69) is 26.1 Å². The summed E-state index contributed by atoms with van der Waals surface area (Å²) in [5, 5.41) is 7.86. The number of carbonyl (C=O) groups is 1. The fourth-order valence-electron chi connectivity index (χ4n) is 3.33. The largest absolute Gasteiger partial charge is 0.496 e. The summed E-state index contributed by atoms with van der Waals surface area (Å²) in [6.45, 7) is 6.59. The molecule has 0 unspecified atom stereocenters. The van der Waals surface area contributed by atoms with Crippen LogP contribution in [0.4, 0.5) is 5.69 Å². The predicted molar refractivity (Wildman–Crippen MR) is 128 cm³/mol. The SMILES string of the molecule is COc1ccc(C(=O)Nc2ccc(S(N)(=O)=O)cc2)cc1COc1ccccc1C(C)(C)C. The van der Waals surface area contributed by atoms with Gasteiger partial charge in [-0.3, -0.25) is 4.79 Å². The molecule has 0 aromatic heterocycles. The summed E-state index contributed by atoms with van der Waals surface area (Å²) in [6, 6.07) is 18.6. The van der Waals surface area contributed by atoms with Crippen LogP contribution in [0.15, 0.2) is 71.6 Å². The van der Waals surface area contributed by atoms with Gasteiger partial charge in [-0.05, 0) is 59.5 Å². The molecule has 33 heavy (non-hydrogen) atoms. The molecule has 3 rings (SSSR count). The third-order valence-corrected chi connectivity index (χ3v) is 5.99. The van der Waals surface area contributed by atoms with Crippen LogP contribution < -0.4 is 19.9 Å². The first-order valence-electron chi connectivity index (χ1n) is 10.3. The molecular formula is C25H28N2O5S. The lowest BCUT2D eigenvalue weighted by Crippen LogP contribution is -2.15. The van der Waals surface area contributed by atoms with Crippen LogP contribution in [0, 0.1) is 0 Å². The molecule has 0 bridgehead atoms. The van der Waals surface area contributed by atoms with E-state index in [1.165, 1.54) is 24.3 Å². The number of nitrogens with one attached hydrogen (secondary N) is 1. The van der Waals surface area contributed by atoms with E-state index < -0.39 is 10.0 Å². The fraction of sp³-hybridized carbons (Fsp3) is 0.240. The van der Waals surface area contributed by atoms with Gasteiger partial charge in [-0.25, -0.2) is 13.6 Å². The standard InChI is InChI=1S/C25H28N2O5S/c1-25(2,3)21-7-5-6-8-23(21)32-16-18-15-17(9-14-22(18)31-4)24(28)27-19-10-12-20(13-11-19)33(26,29)30/h5-15H,16H2,1-4H3,(H,27,28)(H2,26,29,30). The molecule has 0 saturated carbocycles. The van der Waals surface area contributed by atoms with Crippen molar-refractivity contribution in [2.75, 3.05) is 12.4 Å². The number of amides is 1. The van der Waals surface area contributed by atoms with E-state index in [9.17, 15) is 13.2 Å². The van der Waals surface area contributed by atoms with Crippen molar-refractivity contribution in [2.24, 2.45) is 5.14 Å². The number of hydrogen-bond donors (Lipinski definition) is 2. The number of para-hydroxylation sites is 1. The highest BCUT2D eigenvalue weighted by molar-refractivity contribution is 7.89. The predicted octanol–water partition coefficient (Wildman–Crippen LogP) is 4.47. The Labute approximate surface area is 194 Å². The second-order valence-corrected chi connectivity index (χ2v) is 10.1. The smallest absolute Gasteiger partial charge is 0.255 e. The van der Waals surface area contributed by atoms with Crippen LogP contribution in [-0.4, -0.2) is 21.4 Å². The zero-order valence-electron chi connectivity index (χ0n) is 19.1. The number of methoxy groups -OCH3 is 1. The molecule has 0 spiro atoms. The lowest BCUT2D eigenvalue weighted by molar-refractivity contribution is 0.102. The Morgan fingerprint density at radius 2 is 1.64 bits per heavy atom. The van der Waals surface area contributed by atoms with Gasteiger partial charge < -0.3 is 14.8 Å². The van der Waals surface area contributed by atoms with E-state index in [4.69, 9.17) is 14.6 Å². The first-order valence-corrected chi connectivity index (χ1v) is 11.9. The van der Waals surface area contributed by atoms with Gasteiger partial charge in [-0.15, -0.1) is 0 Å². The van der Waals surface area contributed by atoms with Crippen molar-refractivity contribution in [3.05, 3.63) is 83.4 Å². The number of sulfonamides is 1. The highest BCUT2D eigenvalue weighted by Gasteiger charge is 2.19. The lowest BCUT2D eigenvalue weighted by Gasteiger charge is -2.23. The van der Waals surface area contributed by atoms with Crippen molar-refractivity contribution in [3.63, 3.8) is 0 Å². The topological polar surface area (TPSA) is 108 Å². The van der Waals surface area contributed by atoms with Crippen LogP contribution in [-0.2, 0) is 22.0 Å². The highest BCUT2D eigenvalue weighted by Crippen LogP contribution is 2.32. The molecule has 0 heterocycles. The van der Waals surface area contributed by atoms with Gasteiger partial charge in [0.2, 0.25) is 10.0 Å². The number of benzene rings is 3. The number of primary sulfonamides is 1. The second kappa shape index (κ2) is 9.64. The van der Waals surface area contributed by atoms with Gasteiger partial charge in [-0.1, -0.05) is 39.0 Å². The zero-order valence-corrected chi connectivity index (χ0v) is 19.9. The molecule has 3 aromatic carbocycles. The van der Waals surface area contributed by atoms with E-state index in [-0.39, 0.29) is 22.8 Å². The zero-order chi connectivity index (χ0) is 24.2. The van der Waals surface area contributed by atoms with Gasteiger partial charge in [0.15, 0.2) is 0 Å². The third-order valence-electron chi connectivity index (χ3n) is 5.06. The number of ether oxygens (including phenoxy) is 2. The molecule has 0 atom stereocenters. The molecule has 0 radical (unpaired) electrons. The van der Waals surface area contributed by atoms with Crippen molar-refractivity contribution in [3.8, 4) is 11.5 Å². The molecule has 0 aliphatic heterocycles. The van der Waals surface area contributed by atoms with Crippen molar-refractivity contribution >= 4 is 21.6 Å². The van der Waals surface area contributed by atoms with Crippen molar-refractivity contribution in [1.29, 1.82) is 0 Å². The number of carbonyl (C=O) groups excluding carboxylic acids is 1. The van der Waals surface area contributed by atoms with Gasteiger partial charge in [0, 0.05) is 16.8 Å². The molecule has 0 aliphatic rings. The van der Waals surface area contributed by atoms with Crippen molar-refractivity contribution in [1.82, 2.24) is 0 Å². The molecule has 1 amide bonds. The molecule has 174 valence electrons. The Bertz CT molecular complexity index is 1250. The van der Waals surface area contributed by atoms with Gasteiger partial charge in [-0.2, -0.15) is 0 Å².